The van der Waals surface area contributed by atoms with Gasteiger partial charge in [0.05, 0.1) is 23.8 Å². The molecule has 1 aromatic carbocycles. The number of likely N-dealkylation sites (tertiary alicyclic amines) is 1. The minimum absolute atomic E-state index is 0.00775. The van der Waals surface area contributed by atoms with Crippen LogP contribution in [-0.2, 0) is 6.18 Å². The molecule has 2 aliphatic rings. The Kier molecular flexibility index (Phi) is 7.75. The molecule has 3 aromatic heterocycles. The second kappa shape index (κ2) is 11.4. The van der Waals surface area contributed by atoms with Gasteiger partial charge in [-0.3, -0.25) is 0 Å². The summed E-state index contributed by atoms with van der Waals surface area (Å²) in [6.45, 7) is 4.11. The number of hydrogen-bond donors (Lipinski definition) is 2. The average molecular weight is 631 g/mol. The highest BCUT2D eigenvalue weighted by Gasteiger charge is 2.40. The van der Waals surface area contributed by atoms with E-state index in [4.69, 9.17) is 20.9 Å². The number of aromatic nitrogens is 4. The molecule has 0 radical (unpaired) electrons. The summed E-state index contributed by atoms with van der Waals surface area (Å²) in [5.41, 5.74) is 7.92. The van der Waals surface area contributed by atoms with Crippen molar-refractivity contribution in [1.29, 1.82) is 0 Å². The summed E-state index contributed by atoms with van der Waals surface area (Å²) in [6.07, 6.45) is -1.63. The highest BCUT2D eigenvalue weighted by molar-refractivity contribution is 5.97. The zero-order valence-electron chi connectivity index (χ0n) is 24.8. The summed E-state index contributed by atoms with van der Waals surface area (Å²) < 4.78 is 86.0. The van der Waals surface area contributed by atoms with Crippen molar-refractivity contribution >= 4 is 28.2 Å². The van der Waals surface area contributed by atoms with Crippen molar-refractivity contribution in [3.8, 4) is 23.1 Å². The fraction of sp³-hybridized carbons (Fsp3) is 0.400. The van der Waals surface area contributed by atoms with Crippen LogP contribution in [0.25, 0.3) is 22.2 Å². The van der Waals surface area contributed by atoms with E-state index in [1.807, 2.05) is 18.9 Å². The van der Waals surface area contributed by atoms with Crippen LogP contribution in [0.2, 0.25) is 0 Å². The fourth-order valence-electron chi connectivity index (χ4n) is 6.07. The molecule has 4 aromatic rings. The van der Waals surface area contributed by atoms with Crippen molar-refractivity contribution in [1.82, 2.24) is 24.8 Å². The number of nitrogen functional groups attached to an aromatic ring is 2. The van der Waals surface area contributed by atoms with Crippen molar-refractivity contribution in [2.75, 3.05) is 49.7 Å². The second-order valence-corrected chi connectivity index (χ2v) is 11.2. The fourth-order valence-corrected chi connectivity index (χ4v) is 6.07. The third kappa shape index (κ3) is 5.38. The van der Waals surface area contributed by atoms with Crippen LogP contribution in [0.15, 0.2) is 24.4 Å². The highest BCUT2D eigenvalue weighted by atomic mass is 19.4. The molecule has 4 N–H and O–H groups in total. The van der Waals surface area contributed by atoms with Crippen LogP contribution in [0.3, 0.4) is 0 Å². The van der Waals surface area contributed by atoms with Gasteiger partial charge < -0.3 is 30.7 Å². The molecule has 15 heteroatoms. The van der Waals surface area contributed by atoms with E-state index in [1.54, 1.807) is 18.3 Å². The quantitative estimate of drug-likeness (QED) is 0.214. The van der Waals surface area contributed by atoms with Gasteiger partial charge in [0.15, 0.2) is 5.82 Å². The van der Waals surface area contributed by atoms with E-state index < -0.39 is 51.9 Å². The van der Waals surface area contributed by atoms with Crippen LogP contribution in [0.4, 0.5) is 39.3 Å². The first kappa shape index (κ1) is 30.5. The van der Waals surface area contributed by atoms with E-state index in [2.05, 4.69) is 24.8 Å². The molecule has 2 unspecified atom stereocenters. The van der Waals surface area contributed by atoms with Crippen LogP contribution in [0.5, 0.6) is 11.9 Å². The zero-order valence-corrected chi connectivity index (χ0v) is 24.8. The molecular formula is C30H31F5N8O2. The predicted octanol–water partition coefficient (Wildman–Crippen LogP) is 5.29. The zero-order chi connectivity index (χ0) is 32.2. The summed E-state index contributed by atoms with van der Waals surface area (Å²) in [7, 11) is 1.97. The van der Waals surface area contributed by atoms with E-state index in [-0.39, 0.29) is 60.2 Å². The molecule has 2 aliphatic heterocycles. The lowest BCUT2D eigenvalue weighted by molar-refractivity contribution is -0.137. The Morgan fingerprint density at radius 3 is 2.60 bits per heavy atom. The van der Waals surface area contributed by atoms with Crippen molar-refractivity contribution in [3.63, 3.8) is 0 Å². The largest absolute Gasteiger partial charge is 0.475 e. The molecule has 1 fully saturated rings. The Hall–Kier alpha value is -4.53. The van der Waals surface area contributed by atoms with Crippen LogP contribution in [-0.4, -0.2) is 64.2 Å². The van der Waals surface area contributed by atoms with Crippen LogP contribution < -0.4 is 25.8 Å². The smallest absolute Gasteiger partial charge is 0.417 e. The topological polar surface area (TPSA) is 129 Å². The molecular weight excluding hydrogens is 599 g/mol. The van der Waals surface area contributed by atoms with Gasteiger partial charge in [-0.1, -0.05) is 6.07 Å². The Balaban J connectivity index is 1.59. The average Bonchev–Trinajstić information content (AvgIpc) is 3.31. The van der Waals surface area contributed by atoms with Gasteiger partial charge >= 0.3 is 12.2 Å². The number of nitrogens with zero attached hydrogens (tertiary/aromatic N) is 6. The molecule has 45 heavy (non-hydrogen) atoms. The molecule has 0 saturated carbocycles. The molecule has 0 spiro atoms. The Morgan fingerprint density at radius 1 is 1.13 bits per heavy atom. The first-order valence-electron chi connectivity index (χ1n) is 14.4. The third-order valence-electron chi connectivity index (χ3n) is 8.49. The van der Waals surface area contributed by atoms with Gasteiger partial charge in [0, 0.05) is 23.4 Å². The lowest BCUT2D eigenvalue weighted by Gasteiger charge is -2.30. The molecule has 2 atom stereocenters. The summed E-state index contributed by atoms with van der Waals surface area (Å²) >= 11 is 0. The van der Waals surface area contributed by atoms with Crippen molar-refractivity contribution < 1.29 is 31.4 Å². The number of nitrogens with two attached hydrogens (primary N) is 2. The second-order valence-electron chi connectivity index (χ2n) is 11.2. The summed E-state index contributed by atoms with van der Waals surface area (Å²) in [6, 6.07) is 3.70. The highest BCUT2D eigenvalue weighted by Crippen LogP contribution is 2.46. The normalized spacial score (nSPS) is 17.8. The number of hydrogen-bond acceptors (Lipinski definition) is 10. The minimum Gasteiger partial charge on any atom is -0.475 e. The first-order valence-corrected chi connectivity index (χ1v) is 14.4. The van der Waals surface area contributed by atoms with Gasteiger partial charge in [-0.15, -0.1) is 0 Å². The minimum atomic E-state index is -5.06. The van der Waals surface area contributed by atoms with Gasteiger partial charge in [0.1, 0.15) is 47.3 Å². The lowest BCUT2D eigenvalue weighted by Crippen LogP contribution is -2.32. The summed E-state index contributed by atoms with van der Waals surface area (Å²) in [4.78, 5) is 21.3. The maximum Gasteiger partial charge on any atom is 0.417 e. The maximum atomic E-state index is 16.6. The monoisotopic (exact) mass is 630 g/mol. The predicted molar refractivity (Wildman–Crippen MR) is 158 cm³/mol. The van der Waals surface area contributed by atoms with E-state index in [1.165, 1.54) is 0 Å². The molecule has 1 saturated heterocycles. The maximum absolute atomic E-state index is 16.6. The third-order valence-corrected chi connectivity index (χ3v) is 8.49. The Morgan fingerprint density at radius 2 is 1.91 bits per heavy atom. The number of rotatable bonds is 6. The summed E-state index contributed by atoms with van der Waals surface area (Å²) in [5, 5.41) is 0.0359. The van der Waals surface area contributed by atoms with E-state index in [9.17, 15) is 17.6 Å². The van der Waals surface area contributed by atoms with Gasteiger partial charge in [0.2, 0.25) is 5.88 Å². The number of benzene rings is 1. The molecule has 238 valence electrons. The van der Waals surface area contributed by atoms with Crippen LogP contribution >= 0.6 is 0 Å². The number of alkyl halides is 3. The van der Waals surface area contributed by atoms with Gasteiger partial charge in [-0.25, -0.2) is 18.7 Å². The number of anilines is 3. The lowest BCUT2D eigenvalue weighted by atomic mass is 9.96. The molecule has 10 nitrogen and oxygen atoms in total. The molecule has 5 heterocycles. The van der Waals surface area contributed by atoms with Gasteiger partial charge in [-0.2, -0.15) is 23.1 Å². The van der Waals surface area contributed by atoms with Crippen molar-refractivity contribution in [3.05, 3.63) is 52.7 Å². The van der Waals surface area contributed by atoms with E-state index >= 15 is 4.39 Å². The number of pyridine rings is 2. The standard InChI is InChI=1S/C30H31F5N8O2/c1-14-21(30(33,34)35)18(12-19(36)22(14)31)24-23(32)25-20-27(41-29(40-25)45-13-16-6-5-9-42(16)3)43(10-11-44-28(20)39-24)15(2)17-7-4-8-38-26(17)37/h4,7-8,12,15-16H,5-6,9-11,13,36H2,1-3H3,(H2,37,38). The van der Waals surface area contributed by atoms with Crippen LogP contribution in [0, 0.1) is 18.6 Å². The van der Waals surface area contributed by atoms with E-state index in [0.717, 1.165) is 32.4 Å². The van der Waals surface area contributed by atoms with Crippen molar-refractivity contribution in [2.24, 2.45) is 0 Å². The molecule has 0 aliphatic carbocycles. The Labute approximate surface area is 255 Å². The SMILES string of the molecule is Cc1c(F)c(N)cc(-c2nc3c4c(nc(OCC5CCCN5C)nc4c2F)N(C(C)c2cccnc2N)CCO3)c1C(F)(F)F. The molecule has 0 bridgehead atoms. The van der Waals surface area contributed by atoms with Gasteiger partial charge in [-0.05, 0) is 58.0 Å². The van der Waals surface area contributed by atoms with Gasteiger partial charge in [0.25, 0.3) is 0 Å². The van der Waals surface area contributed by atoms with E-state index in [0.29, 0.717) is 5.56 Å². The Bertz CT molecular complexity index is 1790. The number of halogens is 5. The van der Waals surface area contributed by atoms with Crippen LogP contribution in [0.1, 0.15) is 42.5 Å². The number of ether oxygens (including phenoxy) is 2. The molecule has 0 amide bonds. The molecule has 6 rings (SSSR count). The first-order chi connectivity index (χ1) is 21.4. The summed E-state index contributed by atoms with van der Waals surface area (Å²) in [5.74, 6) is -2.17. The van der Waals surface area contributed by atoms with Crippen molar-refractivity contribution in [2.45, 2.75) is 44.9 Å². The number of likely N-dealkylation sites (N-methyl/N-ethyl adjacent to an activating group) is 1.